The van der Waals surface area contributed by atoms with Crippen LogP contribution >= 0.6 is 0 Å². The van der Waals surface area contributed by atoms with Crippen LogP contribution in [-0.2, 0) is 0 Å². The van der Waals surface area contributed by atoms with E-state index in [1.54, 1.807) is 54.6 Å². The van der Waals surface area contributed by atoms with Gasteiger partial charge < -0.3 is 10.6 Å². The van der Waals surface area contributed by atoms with Gasteiger partial charge >= 0.3 is 0 Å². The number of hydrogen-bond acceptors (Lipinski definition) is 3. The Bertz CT molecular complexity index is 991. The summed E-state index contributed by atoms with van der Waals surface area (Å²) in [5.74, 6) is -0.647. The maximum absolute atomic E-state index is 12.4. The summed E-state index contributed by atoms with van der Waals surface area (Å²) in [4.78, 5) is 24.8. The maximum atomic E-state index is 12.4. The Labute approximate surface area is 150 Å². The first-order chi connectivity index (χ1) is 12.7. The van der Waals surface area contributed by atoms with E-state index in [1.165, 1.54) is 6.07 Å². The second kappa shape index (κ2) is 7.77. The zero-order valence-corrected chi connectivity index (χ0v) is 13.8. The number of carbonyl (C=O) groups is 2. The molecule has 0 unspecified atom stereocenters. The van der Waals surface area contributed by atoms with Gasteiger partial charge in [-0.05, 0) is 48.5 Å². The standard InChI is InChI=1S/C21H15N3O2/c22-14-15-6-4-11-19(12-15)24-21(26)17-8-5-7-16(13-17)20(25)23-18-9-2-1-3-10-18/h1-13H,(H,23,25)(H,24,26). The topological polar surface area (TPSA) is 82.0 Å². The number of hydrogen-bond donors (Lipinski definition) is 2. The Hall–Kier alpha value is -3.91. The number of carbonyl (C=O) groups excluding carboxylic acids is 2. The van der Waals surface area contributed by atoms with Gasteiger partial charge in [-0.15, -0.1) is 0 Å². The van der Waals surface area contributed by atoms with Gasteiger partial charge in [-0.3, -0.25) is 9.59 Å². The molecule has 0 atom stereocenters. The molecule has 2 N–H and O–H groups in total. The van der Waals surface area contributed by atoms with Crippen molar-refractivity contribution in [3.8, 4) is 6.07 Å². The van der Waals surface area contributed by atoms with Gasteiger partial charge in [0.15, 0.2) is 0 Å². The van der Waals surface area contributed by atoms with Crippen molar-refractivity contribution < 1.29 is 9.59 Å². The SMILES string of the molecule is N#Cc1cccc(NC(=O)c2cccc(C(=O)Nc3ccccc3)c2)c1. The van der Waals surface area contributed by atoms with Gasteiger partial charge in [0.25, 0.3) is 11.8 Å². The van der Waals surface area contributed by atoms with Crippen molar-refractivity contribution in [3.63, 3.8) is 0 Å². The lowest BCUT2D eigenvalue weighted by molar-refractivity contribution is 0.102. The molecule has 3 aromatic rings. The zero-order chi connectivity index (χ0) is 18.4. The Morgan fingerprint density at radius 3 is 1.92 bits per heavy atom. The molecule has 26 heavy (non-hydrogen) atoms. The van der Waals surface area contributed by atoms with Crippen molar-refractivity contribution in [1.29, 1.82) is 5.26 Å². The molecule has 0 aliphatic rings. The number of benzene rings is 3. The predicted molar refractivity (Wildman–Crippen MR) is 99.9 cm³/mol. The van der Waals surface area contributed by atoms with E-state index in [0.717, 1.165) is 0 Å². The number of para-hydroxylation sites is 1. The van der Waals surface area contributed by atoms with Crippen LogP contribution in [0.2, 0.25) is 0 Å². The molecule has 126 valence electrons. The summed E-state index contributed by atoms with van der Waals surface area (Å²) in [6.45, 7) is 0. The minimum Gasteiger partial charge on any atom is -0.322 e. The fraction of sp³-hybridized carbons (Fsp3) is 0. The van der Waals surface area contributed by atoms with Crippen LogP contribution in [0.4, 0.5) is 11.4 Å². The van der Waals surface area contributed by atoms with E-state index in [4.69, 9.17) is 5.26 Å². The Kier molecular flexibility index (Phi) is 5.06. The average molecular weight is 341 g/mol. The van der Waals surface area contributed by atoms with Gasteiger partial charge in [-0.1, -0.05) is 30.3 Å². The molecule has 0 heterocycles. The second-order valence-corrected chi connectivity index (χ2v) is 5.55. The highest BCUT2D eigenvalue weighted by Crippen LogP contribution is 2.14. The van der Waals surface area contributed by atoms with Crippen molar-refractivity contribution in [2.75, 3.05) is 10.6 Å². The maximum Gasteiger partial charge on any atom is 0.255 e. The molecular weight excluding hydrogens is 326 g/mol. The van der Waals surface area contributed by atoms with E-state index >= 15 is 0 Å². The van der Waals surface area contributed by atoms with Crippen LogP contribution in [0.5, 0.6) is 0 Å². The highest BCUT2D eigenvalue weighted by molar-refractivity contribution is 6.08. The van der Waals surface area contributed by atoms with E-state index < -0.39 is 0 Å². The summed E-state index contributed by atoms with van der Waals surface area (Å²) in [5, 5.41) is 14.4. The molecule has 5 heteroatoms. The van der Waals surface area contributed by atoms with E-state index in [2.05, 4.69) is 10.6 Å². The van der Waals surface area contributed by atoms with Crippen molar-refractivity contribution in [3.05, 3.63) is 95.6 Å². The third kappa shape index (κ3) is 4.13. The molecule has 0 fully saturated rings. The smallest absolute Gasteiger partial charge is 0.255 e. The fourth-order valence-electron chi connectivity index (χ4n) is 2.40. The largest absolute Gasteiger partial charge is 0.322 e. The first-order valence-electron chi connectivity index (χ1n) is 7.94. The monoisotopic (exact) mass is 341 g/mol. The lowest BCUT2D eigenvalue weighted by atomic mass is 10.1. The third-order valence-electron chi connectivity index (χ3n) is 3.67. The number of anilines is 2. The molecular formula is C21H15N3O2. The molecule has 0 saturated carbocycles. The van der Waals surface area contributed by atoms with Crippen LogP contribution in [0, 0.1) is 11.3 Å². The summed E-state index contributed by atoms with van der Waals surface area (Å²) >= 11 is 0. The quantitative estimate of drug-likeness (QED) is 0.750. The summed E-state index contributed by atoms with van der Waals surface area (Å²) < 4.78 is 0. The molecule has 0 saturated heterocycles. The average Bonchev–Trinajstić information content (AvgIpc) is 2.69. The van der Waals surface area contributed by atoms with Crippen molar-refractivity contribution in [1.82, 2.24) is 0 Å². The first kappa shape index (κ1) is 16.9. The van der Waals surface area contributed by atoms with E-state index in [9.17, 15) is 9.59 Å². The highest BCUT2D eigenvalue weighted by Gasteiger charge is 2.11. The Balaban J connectivity index is 1.75. The number of nitriles is 1. The van der Waals surface area contributed by atoms with Crippen molar-refractivity contribution in [2.45, 2.75) is 0 Å². The minimum atomic E-state index is -0.352. The van der Waals surface area contributed by atoms with Gasteiger partial charge in [0.1, 0.15) is 0 Å². The second-order valence-electron chi connectivity index (χ2n) is 5.55. The lowest BCUT2D eigenvalue weighted by Crippen LogP contribution is -2.15. The third-order valence-corrected chi connectivity index (χ3v) is 3.67. The van der Waals surface area contributed by atoms with Crippen LogP contribution in [0.3, 0.4) is 0 Å². The van der Waals surface area contributed by atoms with E-state index in [0.29, 0.717) is 28.1 Å². The Morgan fingerprint density at radius 2 is 1.27 bits per heavy atom. The molecule has 0 bridgehead atoms. The predicted octanol–water partition coefficient (Wildman–Crippen LogP) is 4.06. The molecule has 0 spiro atoms. The zero-order valence-electron chi connectivity index (χ0n) is 13.8. The minimum absolute atomic E-state index is 0.294. The molecule has 5 nitrogen and oxygen atoms in total. The number of nitrogens with zero attached hydrogens (tertiary/aromatic N) is 1. The van der Waals surface area contributed by atoms with Gasteiger partial charge in [0.2, 0.25) is 0 Å². The van der Waals surface area contributed by atoms with E-state index in [-0.39, 0.29) is 11.8 Å². The highest BCUT2D eigenvalue weighted by atomic mass is 16.2. The van der Waals surface area contributed by atoms with E-state index in [1.807, 2.05) is 24.3 Å². The normalized spacial score (nSPS) is 9.81. The van der Waals surface area contributed by atoms with Crippen LogP contribution < -0.4 is 10.6 Å². The van der Waals surface area contributed by atoms with Crippen molar-refractivity contribution in [2.24, 2.45) is 0 Å². The van der Waals surface area contributed by atoms with Gasteiger partial charge in [0, 0.05) is 22.5 Å². The van der Waals surface area contributed by atoms with Crippen LogP contribution in [0.25, 0.3) is 0 Å². The lowest BCUT2D eigenvalue weighted by Gasteiger charge is -2.08. The summed E-state index contributed by atoms with van der Waals surface area (Å²) in [6.07, 6.45) is 0. The molecule has 0 aliphatic heterocycles. The molecule has 0 aromatic heterocycles. The molecule has 3 rings (SSSR count). The number of nitrogens with one attached hydrogen (secondary N) is 2. The molecule has 2 amide bonds. The number of amides is 2. The number of rotatable bonds is 4. The molecule has 0 aliphatic carbocycles. The summed E-state index contributed by atoms with van der Waals surface area (Å²) in [6, 6.07) is 24.2. The molecule has 0 radical (unpaired) electrons. The Morgan fingerprint density at radius 1 is 0.692 bits per heavy atom. The van der Waals surface area contributed by atoms with Gasteiger partial charge in [0.05, 0.1) is 11.6 Å². The van der Waals surface area contributed by atoms with Gasteiger partial charge in [-0.25, -0.2) is 0 Å². The summed E-state index contributed by atoms with van der Waals surface area (Å²) in [7, 11) is 0. The molecule has 3 aromatic carbocycles. The fourth-order valence-corrected chi connectivity index (χ4v) is 2.40. The summed E-state index contributed by atoms with van der Waals surface area (Å²) in [5.41, 5.74) is 2.40. The van der Waals surface area contributed by atoms with Crippen molar-refractivity contribution >= 4 is 23.2 Å². The van der Waals surface area contributed by atoms with Crippen LogP contribution in [0.1, 0.15) is 26.3 Å². The van der Waals surface area contributed by atoms with Gasteiger partial charge in [-0.2, -0.15) is 5.26 Å². The van der Waals surface area contributed by atoms with Crippen LogP contribution in [-0.4, -0.2) is 11.8 Å². The first-order valence-corrected chi connectivity index (χ1v) is 7.94. The van der Waals surface area contributed by atoms with Crippen LogP contribution in [0.15, 0.2) is 78.9 Å².